The normalized spacial score (nSPS) is 16.4. The van der Waals surface area contributed by atoms with Crippen molar-refractivity contribution < 1.29 is 0 Å². The van der Waals surface area contributed by atoms with Gasteiger partial charge < -0.3 is 10.6 Å². The molecule has 7 nitrogen and oxygen atoms in total. The van der Waals surface area contributed by atoms with Gasteiger partial charge >= 0.3 is 0 Å². The van der Waals surface area contributed by atoms with E-state index in [0.717, 1.165) is 61.2 Å². The maximum Gasteiger partial charge on any atom is 0.245 e. The highest BCUT2D eigenvalue weighted by Crippen LogP contribution is 2.23. The minimum absolute atomic E-state index is 0.633. The van der Waals surface area contributed by atoms with E-state index in [-0.39, 0.29) is 0 Å². The van der Waals surface area contributed by atoms with Crippen molar-refractivity contribution in [2.75, 3.05) is 24.5 Å². The van der Waals surface area contributed by atoms with Gasteiger partial charge in [0.1, 0.15) is 0 Å². The number of aromatic amines is 1. The standard InChI is InChI=1S/C14H21N7/c1-9-7-12(10(2)18-17-9)13-16-14(20-19-13)21-5-3-11(8-15)4-6-21/h7,11H,3-6,8,15H2,1-2H3,(H,16,19,20). The molecule has 1 aliphatic heterocycles. The Balaban J connectivity index is 1.79. The summed E-state index contributed by atoms with van der Waals surface area (Å²) in [5.74, 6) is 2.14. The molecule has 1 fully saturated rings. The van der Waals surface area contributed by atoms with Crippen LogP contribution in [0.4, 0.5) is 5.95 Å². The molecule has 21 heavy (non-hydrogen) atoms. The van der Waals surface area contributed by atoms with Crippen LogP contribution in [0.1, 0.15) is 24.2 Å². The topological polar surface area (TPSA) is 96.6 Å². The minimum atomic E-state index is 0.633. The van der Waals surface area contributed by atoms with Crippen LogP contribution >= 0.6 is 0 Å². The second-order valence-corrected chi connectivity index (χ2v) is 5.63. The molecule has 3 N–H and O–H groups in total. The summed E-state index contributed by atoms with van der Waals surface area (Å²) in [4.78, 5) is 6.83. The third kappa shape index (κ3) is 2.87. The number of hydrogen-bond acceptors (Lipinski definition) is 6. The average molecular weight is 287 g/mol. The molecule has 0 radical (unpaired) electrons. The Kier molecular flexibility index (Phi) is 3.83. The van der Waals surface area contributed by atoms with Gasteiger partial charge in [0.05, 0.1) is 11.4 Å². The lowest BCUT2D eigenvalue weighted by molar-refractivity contribution is 0.411. The van der Waals surface area contributed by atoms with Crippen LogP contribution in [-0.2, 0) is 0 Å². The van der Waals surface area contributed by atoms with Crippen LogP contribution < -0.4 is 10.6 Å². The summed E-state index contributed by atoms with van der Waals surface area (Å²) in [6.45, 7) is 6.55. The highest BCUT2D eigenvalue weighted by atomic mass is 15.4. The molecule has 1 aliphatic rings. The van der Waals surface area contributed by atoms with Gasteiger partial charge in [-0.3, -0.25) is 5.10 Å². The van der Waals surface area contributed by atoms with E-state index in [2.05, 4.69) is 30.3 Å². The van der Waals surface area contributed by atoms with Crippen molar-refractivity contribution >= 4 is 5.95 Å². The fourth-order valence-electron chi connectivity index (χ4n) is 2.67. The van der Waals surface area contributed by atoms with Crippen molar-refractivity contribution in [2.45, 2.75) is 26.7 Å². The van der Waals surface area contributed by atoms with Crippen LogP contribution in [-0.4, -0.2) is 45.0 Å². The van der Waals surface area contributed by atoms with E-state index >= 15 is 0 Å². The monoisotopic (exact) mass is 287 g/mol. The van der Waals surface area contributed by atoms with Gasteiger partial charge in [-0.2, -0.15) is 15.2 Å². The van der Waals surface area contributed by atoms with Crippen LogP contribution in [0.5, 0.6) is 0 Å². The molecule has 112 valence electrons. The van der Waals surface area contributed by atoms with Crippen LogP contribution in [0.25, 0.3) is 11.4 Å². The Labute approximate surface area is 124 Å². The number of anilines is 1. The zero-order valence-corrected chi connectivity index (χ0v) is 12.5. The lowest BCUT2D eigenvalue weighted by Crippen LogP contribution is -2.36. The summed E-state index contributed by atoms with van der Waals surface area (Å²) in [7, 11) is 0. The van der Waals surface area contributed by atoms with Crippen molar-refractivity contribution in [3.8, 4) is 11.4 Å². The Morgan fingerprint density at radius 2 is 2.05 bits per heavy atom. The van der Waals surface area contributed by atoms with Crippen molar-refractivity contribution in [1.82, 2.24) is 25.4 Å². The summed E-state index contributed by atoms with van der Waals surface area (Å²) in [5, 5.41) is 15.5. The number of nitrogens with one attached hydrogen (secondary N) is 1. The van der Waals surface area contributed by atoms with Crippen molar-refractivity contribution in [1.29, 1.82) is 0 Å². The predicted molar refractivity (Wildman–Crippen MR) is 80.9 cm³/mol. The van der Waals surface area contributed by atoms with Gasteiger partial charge in [0.25, 0.3) is 0 Å². The van der Waals surface area contributed by atoms with E-state index in [1.165, 1.54) is 0 Å². The van der Waals surface area contributed by atoms with Gasteiger partial charge in [0.2, 0.25) is 5.95 Å². The molecule has 0 saturated carbocycles. The van der Waals surface area contributed by atoms with E-state index in [0.29, 0.717) is 5.92 Å². The zero-order chi connectivity index (χ0) is 14.8. The van der Waals surface area contributed by atoms with E-state index in [1.807, 2.05) is 19.9 Å². The molecule has 1 saturated heterocycles. The number of H-pyrrole nitrogens is 1. The molecule has 2 aromatic rings. The second-order valence-electron chi connectivity index (χ2n) is 5.63. The maximum absolute atomic E-state index is 5.73. The molecule has 0 unspecified atom stereocenters. The highest BCUT2D eigenvalue weighted by molar-refractivity contribution is 5.59. The number of nitrogens with two attached hydrogens (primary N) is 1. The van der Waals surface area contributed by atoms with Crippen LogP contribution in [0.2, 0.25) is 0 Å². The number of aryl methyl sites for hydroxylation is 2. The summed E-state index contributed by atoms with van der Waals surface area (Å²) >= 11 is 0. The van der Waals surface area contributed by atoms with E-state index < -0.39 is 0 Å². The van der Waals surface area contributed by atoms with E-state index in [1.54, 1.807) is 0 Å². The molecular formula is C14H21N7. The number of piperidine rings is 1. The van der Waals surface area contributed by atoms with Gasteiger partial charge in [-0.15, -0.1) is 5.10 Å². The minimum Gasteiger partial charge on any atom is -0.340 e. The third-order valence-corrected chi connectivity index (χ3v) is 4.06. The van der Waals surface area contributed by atoms with Gasteiger partial charge in [0, 0.05) is 18.7 Å². The number of nitrogens with zero attached hydrogens (tertiary/aromatic N) is 5. The van der Waals surface area contributed by atoms with Crippen LogP contribution in [0, 0.1) is 19.8 Å². The maximum atomic E-state index is 5.73. The van der Waals surface area contributed by atoms with Gasteiger partial charge in [-0.05, 0) is 45.2 Å². The predicted octanol–water partition coefficient (Wildman–Crippen LogP) is 1.05. The van der Waals surface area contributed by atoms with Gasteiger partial charge in [0.15, 0.2) is 5.82 Å². The molecule has 0 spiro atoms. The second kappa shape index (κ2) is 5.77. The molecule has 0 aliphatic carbocycles. The molecule has 7 heteroatoms. The van der Waals surface area contributed by atoms with Crippen molar-refractivity contribution in [3.63, 3.8) is 0 Å². The lowest BCUT2D eigenvalue weighted by atomic mass is 9.97. The molecular weight excluding hydrogens is 266 g/mol. The fourth-order valence-corrected chi connectivity index (χ4v) is 2.67. The van der Waals surface area contributed by atoms with Crippen molar-refractivity contribution in [3.05, 3.63) is 17.5 Å². The van der Waals surface area contributed by atoms with E-state index in [4.69, 9.17) is 5.73 Å². The third-order valence-electron chi connectivity index (χ3n) is 4.06. The fraction of sp³-hybridized carbons (Fsp3) is 0.571. The first kappa shape index (κ1) is 13.9. The highest BCUT2D eigenvalue weighted by Gasteiger charge is 2.21. The number of hydrogen-bond donors (Lipinski definition) is 2. The van der Waals surface area contributed by atoms with Crippen LogP contribution in [0.15, 0.2) is 6.07 Å². The SMILES string of the molecule is Cc1cc(-c2nc(N3CCC(CN)CC3)n[nH]2)c(C)nn1. The smallest absolute Gasteiger partial charge is 0.245 e. The first-order valence-corrected chi connectivity index (χ1v) is 7.36. The summed E-state index contributed by atoms with van der Waals surface area (Å²) < 4.78 is 0. The Hall–Kier alpha value is -2.02. The van der Waals surface area contributed by atoms with Gasteiger partial charge in [-0.1, -0.05) is 0 Å². The number of aromatic nitrogens is 5. The van der Waals surface area contributed by atoms with Crippen molar-refractivity contribution in [2.24, 2.45) is 11.7 Å². The largest absolute Gasteiger partial charge is 0.340 e. The quantitative estimate of drug-likeness (QED) is 0.876. The molecule has 3 rings (SSSR count). The molecule has 0 aromatic carbocycles. The van der Waals surface area contributed by atoms with E-state index in [9.17, 15) is 0 Å². The average Bonchev–Trinajstić information content (AvgIpc) is 2.99. The summed E-state index contributed by atoms with van der Waals surface area (Å²) in [5.41, 5.74) is 8.41. The summed E-state index contributed by atoms with van der Waals surface area (Å²) in [6.07, 6.45) is 2.21. The molecule has 0 atom stereocenters. The Morgan fingerprint density at radius 3 is 2.76 bits per heavy atom. The molecule has 2 aromatic heterocycles. The molecule has 0 bridgehead atoms. The first-order chi connectivity index (χ1) is 10.2. The molecule has 3 heterocycles. The zero-order valence-electron chi connectivity index (χ0n) is 12.5. The first-order valence-electron chi connectivity index (χ1n) is 7.36. The van der Waals surface area contributed by atoms with Crippen LogP contribution in [0.3, 0.4) is 0 Å². The summed E-state index contributed by atoms with van der Waals surface area (Å²) in [6, 6.07) is 1.98. The number of rotatable bonds is 3. The Morgan fingerprint density at radius 1 is 1.29 bits per heavy atom. The van der Waals surface area contributed by atoms with Gasteiger partial charge in [-0.25, -0.2) is 0 Å². The Bertz CT molecular complexity index is 614. The lowest BCUT2D eigenvalue weighted by Gasteiger charge is -2.30. The molecule has 0 amide bonds.